The summed E-state index contributed by atoms with van der Waals surface area (Å²) in [5.74, 6) is 0.646. The van der Waals surface area contributed by atoms with Gasteiger partial charge < -0.3 is 10.6 Å². The smallest absolute Gasteiger partial charge is 0.191 e. The molecule has 0 spiro atoms. The van der Waals surface area contributed by atoms with Crippen LogP contribution in [-0.2, 0) is 6.54 Å². The van der Waals surface area contributed by atoms with Gasteiger partial charge in [0.2, 0.25) is 0 Å². The van der Waals surface area contributed by atoms with Gasteiger partial charge in [0.25, 0.3) is 0 Å². The van der Waals surface area contributed by atoms with Crippen LogP contribution in [0.5, 0.6) is 0 Å². The monoisotopic (exact) mass is 219 g/mol. The molecule has 0 fully saturated rings. The summed E-state index contributed by atoms with van der Waals surface area (Å²) in [7, 11) is 0. The van der Waals surface area contributed by atoms with Gasteiger partial charge in [0.05, 0.1) is 0 Å². The van der Waals surface area contributed by atoms with E-state index in [-0.39, 0.29) is 0 Å². The van der Waals surface area contributed by atoms with Crippen LogP contribution in [0, 0.1) is 0 Å². The topological polar surface area (TPSA) is 41.6 Å². The molecule has 0 aliphatic rings. The van der Waals surface area contributed by atoms with E-state index in [2.05, 4.69) is 35.9 Å². The Balaban J connectivity index is 2.62. The zero-order valence-electron chi connectivity index (χ0n) is 10.2. The third-order valence-electron chi connectivity index (χ3n) is 2.42. The second-order valence-electron chi connectivity index (χ2n) is 3.74. The van der Waals surface area contributed by atoms with Crippen molar-refractivity contribution in [2.75, 3.05) is 13.1 Å². The lowest BCUT2D eigenvalue weighted by molar-refractivity contribution is 0.428. The van der Waals surface area contributed by atoms with Gasteiger partial charge in [-0.2, -0.15) is 0 Å². The minimum absolute atomic E-state index is 0.646. The molecule has 0 saturated heterocycles. The average molecular weight is 219 g/mol. The summed E-state index contributed by atoms with van der Waals surface area (Å²) < 4.78 is 0. The molecule has 0 bridgehead atoms. The second kappa shape index (κ2) is 6.88. The highest BCUT2D eigenvalue weighted by molar-refractivity contribution is 5.78. The van der Waals surface area contributed by atoms with Crippen molar-refractivity contribution in [1.29, 1.82) is 0 Å². The lowest BCUT2D eigenvalue weighted by atomic mass is 10.2. The van der Waals surface area contributed by atoms with Gasteiger partial charge in [0.1, 0.15) is 0 Å². The van der Waals surface area contributed by atoms with Crippen molar-refractivity contribution in [2.45, 2.75) is 26.8 Å². The molecular weight excluding hydrogens is 198 g/mol. The highest BCUT2D eigenvalue weighted by atomic mass is 15.2. The number of guanidine groups is 1. The van der Waals surface area contributed by atoms with Crippen LogP contribution in [0.3, 0.4) is 0 Å². The van der Waals surface area contributed by atoms with E-state index in [9.17, 15) is 0 Å². The summed E-state index contributed by atoms with van der Waals surface area (Å²) in [6, 6.07) is 10.3. The molecule has 1 rings (SSSR count). The molecule has 3 nitrogen and oxygen atoms in total. The van der Waals surface area contributed by atoms with Gasteiger partial charge >= 0.3 is 0 Å². The standard InChI is InChI=1S/C13H21N3/c1-3-10-15-13(14)16(4-2)11-12-8-6-5-7-9-12/h5-9H,3-4,10-11H2,1-2H3,(H2,14,15). The molecule has 1 aromatic rings. The zero-order chi connectivity index (χ0) is 11.8. The fourth-order valence-electron chi connectivity index (χ4n) is 1.48. The van der Waals surface area contributed by atoms with Crippen molar-refractivity contribution >= 4 is 5.96 Å². The molecular formula is C13H21N3. The number of rotatable bonds is 5. The van der Waals surface area contributed by atoms with E-state index < -0.39 is 0 Å². The molecule has 2 N–H and O–H groups in total. The Morgan fingerprint density at radius 1 is 1.25 bits per heavy atom. The van der Waals surface area contributed by atoms with Gasteiger partial charge in [-0.3, -0.25) is 4.99 Å². The SMILES string of the molecule is CCCN=C(N)N(CC)Cc1ccccc1. The number of hydrogen-bond donors (Lipinski definition) is 1. The molecule has 0 aliphatic heterocycles. The average Bonchev–Trinajstić information content (AvgIpc) is 2.34. The molecule has 0 aliphatic carbocycles. The number of aliphatic imine (C=N–C) groups is 1. The molecule has 0 radical (unpaired) electrons. The van der Waals surface area contributed by atoms with Gasteiger partial charge in [-0.15, -0.1) is 0 Å². The van der Waals surface area contributed by atoms with Gasteiger partial charge in [-0.1, -0.05) is 37.3 Å². The Kier molecular flexibility index (Phi) is 5.40. The molecule has 0 heterocycles. The van der Waals surface area contributed by atoms with Gasteiger partial charge in [-0.25, -0.2) is 0 Å². The normalized spacial score (nSPS) is 11.5. The molecule has 0 aromatic heterocycles. The van der Waals surface area contributed by atoms with Crippen molar-refractivity contribution in [3.8, 4) is 0 Å². The Bertz CT molecular complexity index is 319. The van der Waals surface area contributed by atoms with E-state index in [0.29, 0.717) is 5.96 Å². The Labute approximate surface area is 98.0 Å². The lowest BCUT2D eigenvalue weighted by Crippen LogP contribution is -2.36. The first kappa shape index (κ1) is 12.6. The van der Waals surface area contributed by atoms with Crippen LogP contribution in [-0.4, -0.2) is 23.9 Å². The summed E-state index contributed by atoms with van der Waals surface area (Å²) in [5.41, 5.74) is 7.20. The molecule has 0 saturated carbocycles. The Hall–Kier alpha value is -1.51. The molecule has 3 heteroatoms. The van der Waals surface area contributed by atoms with E-state index in [1.165, 1.54) is 5.56 Å². The lowest BCUT2D eigenvalue weighted by Gasteiger charge is -2.21. The number of nitrogens with zero attached hydrogens (tertiary/aromatic N) is 2. The zero-order valence-corrected chi connectivity index (χ0v) is 10.2. The van der Waals surface area contributed by atoms with E-state index >= 15 is 0 Å². The van der Waals surface area contributed by atoms with E-state index in [1.807, 2.05) is 18.2 Å². The third-order valence-corrected chi connectivity index (χ3v) is 2.42. The van der Waals surface area contributed by atoms with Crippen LogP contribution in [0.1, 0.15) is 25.8 Å². The van der Waals surface area contributed by atoms with Crippen LogP contribution >= 0.6 is 0 Å². The van der Waals surface area contributed by atoms with Crippen molar-refractivity contribution in [3.05, 3.63) is 35.9 Å². The minimum atomic E-state index is 0.646. The maximum absolute atomic E-state index is 5.94. The summed E-state index contributed by atoms with van der Waals surface area (Å²) in [6.07, 6.45) is 1.03. The minimum Gasteiger partial charge on any atom is -0.370 e. The molecule has 88 valence electrons. The first-order valence-electron chi connectivity index (χ1n) is 5.86. The number of hydrogen-bond acceptors (Lipinski definition) is 1. The Morgan fingerprint density at radius 2 is 1.94 bits per heavy atom. The van der Waals surface area contributed by atoms with E-state index in [0.717, 1.165) is 26.1 Å². The highest BCUT2D eigenvalue weighted by Crippen LogP contribution is 2.03. The summed E-state index contributed by atoms with van der Waals surface area (Å²) in [4.78, 5) is 6.42. The number of benzene rings is 1. The van der Waals surface area contributed by atoms with Gasteiger partial charge in [0, 0.05) is 19.6 Å². The molecule has 16 heavy (non-hydrogen) atoms. The summed E-state index contributed by atoms with van der Waals surface area (Å²) in [6.45, 7) is 6.71. The molecule has 0 atom stereocenters. The highest BCUT2D eigenvalue weighted by Gasteiger charge is 2.05. The molecule has 0 unspecified atom stereocenters. The van der Waals surface area contributed by atoms with Gasteiger partial charge in [-0.05, 0) is 18.9 Å². The van der Waals surface area contributed by atoms with Crippen molar-refractivity contribution in [2.24, 2.45) is 10.7 Å². The predicted molar refractivity (Wildman–Crippen MR) is 69.3 cm³/mol. The first-order chi connectivity index (χ1) is 7.77. The van der Waals surface area contributed by atoms with Crippen molar-refractivity contribution < 1.29 is 0 Å². The quantitative estimate of drug-likeness (QED) is 0.609. The van der Waals surface area contributed by atoms with E-state index in [1.54, 1.807) is 0 Å². The Morgan fingerprint density at radius 3 is 2.50 bits per heavy atom. The predicted octanol–water partition coefficient (Wildman–Crippen LogP) is 2.23. The van der Waals surface area contributed by atoms with Crippen LogP contribution in [0.15, 0.2) is 35.3 Å². The van der Waals surface area contributed by atoms with E-state index in [4.69, 9.17) is 5.73 Å². The fourth-order valence-corrected chi connectivity index (χ4v) is 1.48. The second-order valence-corrected chi connectivity index (χ2v) is 3.74. The van der Waals surface area contributed by atoms with Crippen molar-refractivity contribution in [1.82, 2.24) is 4.90 Å². The largest absolute Gasteiger partial charge is 0.370 e. The van der Waals surface area contributed by atoms with Crippen LogP contribution in [0.2, 0.25) is 0 Å². The first-order valence-corrected chi connectivity index (χ1v) is 5.86. The maximum atomic E-state index is 5.94. The third kappa shape index (κ3) is 3.93. The van der Waals surface area contributed by atoms with Crippen LogP contribution < -0.4 is 5.73 Å². The van der Waals surface area contributed by atoms with Crippen LogP contribution in [0.4, 0.5) is 0 Å². The molecule has 1 aromatic carbocycles. The molecule has 0 amide bonds. The summed E-state index contributed by atoms with van der Waals surface area (Å²) >= 11 is 0. The maximum Gasteiger partial charge on any atom is 0.191 e. The van der Waals surface area contributed by atoms with Crippen LogP contribution in [0.25, 0.3) is 0 Å². The number of nitrogens with two attached hydrogens (primary N) is 1. The fraction of sp³-hybridized carbons (Fsp3) is 0.462. The van der Waals surface area contributed by atoms with Crippen molar-refractivity contribution in [3.63, 3.8) is 0 Å². The van der Waals surface area contributed by atoms with Gasteiger partial charge in [0.15, 0.2) is 5.96 Å². The summed E-state index contributed by atoms with van der Waals surface area (Å²) in [5, 5.41) is 0.